The second kappa shape index (κ2) is 9.17. The van der Waals surface area contributed by atoms with E-state index in [9.17, 15) is 0 Å². The fraction of sp³-hybridized carbons (Fsp3) is 0.824. The first-order valence-corrected chi connectivity index (χ1v) is 8.45. The highest BCUT2D eigenvalue weighted by molar-refractivity contribution is 5.02. The van der Waals surface area contributed by atoms with Gasteiger partial charge in [0, 0.05) is 18.7 Å². The molecule has 1 aromatic heterocycles. The Morgan fingerprint density at radius 3 is 2.40 bits per heavy atom. The topological polar surface area (TPSA) is 43.8 Å². The Morgan fingerprint density at radius 1 is 1.15 bits per heavy atom. The van der Waals surface area contributed by atoms with Crippen LogP contribution in [0.25, 0.3) is 0 Å². The number of nitrogens with zero attached hydrogens (tertiary/aromatic N) is 2. The zero-order chi connectivity index (χ0) is 15.0. The number of hydrogen-bond donors (Lipinski definition) is 1. The molecule has 2 N–H and O–H groups in total. The molecular weight excluding hydrogens is 246 g/mol. The molecule has 0 saturated heterocycles. The summed E-state index contributed by atoms with van der Waals surface area (Å²) in [6.45, 7) is 8.94. The largest absolute Gasteiger partial charge is 0.327 e. The van der Waals surface area contributed by atoms with Crippen LogP contribution in [0, 0.1) is 5.92 Å². The van der Waals surface area contributed by atoms with E-state index in [1.165, 1.54) is 25.7 Å². The van der Waals surface area contributed by atoms with Crippen LogP contribution in [0.2, 0.25) is 0 Å². The van der Waals surface area contributed by atoms with Crippen LogP contribution in [-0.2, 0) is 6.42 Å². The van der Waals surface area contributed by atoms with Gasteiger partial charge in [-0.2, -0.15) is 5.10 Å². The molecule has 0 aliphatic heterocycles. The Morgan fingerprint density at radius 2 is 1.85 bits per heavy atom. The van der Waals surface area contributed by atoms with Gasteiger partial charge in [0.25, 0.3) is 0 Å². The number of aromatic nitrogens is 2. The fourth-order valence-electron chi connectivity index (χ4n) is 2.95. The summed E-state index contributed by atoms with van der Waals surface area (Å²) >= 11 is 0. The molecule has 1 aromatic rings. The van der Waals surface area contributed by atoms with E-state index in [0.29, 0.717) is 12.0 Å². The van der Waals surface area contributed by atoms with Gasteiger partial charge in [-0.15, -0.1) is 0 Å². The van der Waals surface area contributed by atoms with Crippen molar-refractivity contribution in [1.82, 2.24) is 9.78 Å². The predicted octanol–water partition coefficient (Wildman–Crippen LogP) is 4.33. The highest BCUT2D eigenvalue weighted by Gasteiger charge is 2.17. The van der Waals surface area contributed by atoms with Crippen LogP contribution in [0.3, 0.4) is 0 Å². The summed E-state index contributed by atoms with van der Waals surface area (Å²) in [6, 6.07) is 2.92. The fourth-order valence-corrected chi connectivity index (χ4v) is 2.95. The molecule has 1 rings (SSSR count). The smallest absolute Gasteiger partial charge is 0.0640 e. The lowest BCUT2D eigenvalue weighted by Gasteiger charge is -2.21. The van der Waals surface area contributed by atoms with Crippen LogP contribution in [0.1, 0.15) is 78.0 Å². The molecule has 0 aromatic carbocycles. The van der Waals surface area contributed by atoms with Crippen molar-refractivity contribution in [3.8, 4) is 0 Å². The summed E-state index contributed by atoms with van der Waals surface area (Å²) in [5.41, 5.74) is 7.55. The third-order valence-electron chi connectivity index (χ3n) is 4.48. The van der Waals surface area contributed by atoms with Gasteiger partial charge in [-0.3, -0.25) is 4.68 Å². The maximum atomic E-state index is 6.40. The Bertz CT molecular complexity index is 355. The zero-order valence-corrected chi connectivity index (χ0v) is 13.8. The number of hydrogen-bond acceptors (Lipinski definition) is 2. The first-order chi connectivity index (χ1) is 9.65. The van der Waals surface area contributed by atoms with Crippen LogP contribution < -0.4 is 5.73 Å². The van der Waals surface area contributed by atoms with E-state index in [0.717, 1.165) is 25.0 Å². The second-order valence-corrected chi connectivity index (χ2v) is 5.94. The van der Waals surface area contributed by atoms with Crippen molar-refractivity contribution in [3.05, 3.63) is 18.0 Å². The molecule has 0 amide bonds. The number of rotatable bonds is 10. The summed E-state index contributed by atoms with van der Waals surface area (Å²) in [5.74, 6) is 0.633. The lowest BCUT2D eigenvalue weighted by atomic mass is 9.89. The van der Waals surface area contributed by atoms with Crippen molar-refractivity contribution >= 4 is 0 Å². The molecule has 3 nitrogen and oxygen atoms in total. The van der Waals surface area contributed by atoms with E-state index in [2.05, 4.69) is 44.6 Å². The highest BCUT2D eigenvalue weighted by Crippen LogP contribution is 2.19. The van der Waals surface area contributed by atoms with Crippen molar-refractivity contribution in [1.29, 1.82) is 0 Å². The number of unbranched alkanes of at least 4 members (excludes halogenated alkanes) is 1. The minimum absolute atomic E-state index is 0.247. The summed E-state index contributed by atoms with van der Waals surface area (Å²) in [7, 11) is 0. The molecule has 3 heteroatoms. The molecule has 2 unspecified atom stereocenters. The van der Waals surface area contributed by atoms with Crippen molar-refractivity contribution in [2.45, 2.75) is 84.7 Å². The third-order valence-corrected chi connectivity index (χ3v) is 4.48. The highest BCUT2D eigenvalue weighted by atomic mass is 15.3. The van der Waals surface area contributed by atoms with E-state index in [-0.39, 0.29) is 6.04 Å². The Balaban J connectivity index is 2.58. The second-order valence-electron chi connectivity index (χ2n) is 5.94. The van der Waals surface area contributed by atoms with Gasteiger partial charge < -0.3 is 5.73 Å². The molecule has 0 fully saturated rings. The third kappa shape index (κ3) is 4.93. The average molecular weight is 279 g/mol. The van der Waals surface area contributed by atoms with Crippen LogP contribution in [0.5, 0.6) is 0 Å². The van der Waals surface area contributed by atoms with Gasteiger partial charge in [-0.05, 0) is 31.2 Å². The minimum Gasteiger partial charge on any atom is -0.327 e. The van der Waals surface area contributed by atoms with Gasteiger partial charge in [0.2, 0.25) is 0 Å². The molecule has 0 radical (unpaired) electrons. The van der Waals surface area contributed by atoms with Gasteiger partial charge >= 0.3 is 0 Å². The van der Waals surface area contributed by atoms with Gasteiger partial charge in [-0.1, -0.05) is 47.0 Å². The zero-order valence-electron chi connectivity index (χ0n) is 13.8. The summed E-state index contributed by atoms with van der Waals surface area (Å²) < 4.78 is 2.12. The molecule has 2 atom stereocenters. The maximum absolute atomic E-state index is 6.40. The Labute approximate surface area is 124 Å². The molecule has 0 bridgehead atoms. The van der Waals surface area contributed by atoms with E-state index < -0.39 is 0 Å². The van der Waals surface area contributed by atoms with Crippen molar-refractivity contribution in [2.75, 3.05) is 0 Å². The minimum atomic E-state index is 0.247. The quantitative estimate of drug-likeness (QED) is 0.692. The van der Waals surface area contributed by atoms with Gasteiger partial charge in [0.1, 0.15) is 0 Å². The average Bonchev–Trinajstić information content (AvgIpc) is 2.89. The Hall–Kier alpha value is -0.830. The van der Waals surface area contributed by atoms with Crippen LogP contribution in [0.4, 0.5) is 0 Å². The van der Waals surface area contributed by atoms with E-state index >= 15 is 0 Å². The molecule has 1 heterocycles. The number of nitrogens with two attached hydrogens (primary N) is 1. The molecule has 20 heavy (non-hydrogen) atoms. The van der Waals surface area contributed by atoms with Gasteiger partial charge in [0.15, 0.2) is 0 Å². The first kappa shape index (κ1) is 17.2. The van der Waals surface area contributed by atoms with Gasteiger partial charge in [0.05, 0.1) is 11.7 Å². The summed E-state index contributed by atoms with van der Waals surface area (Å²) in [4.78, 5) is 0. The van der Waals surface area contributed by atoms with Gasteiger partial charge in [-0.25, -0.2) is 0 Å². The Kier molecular flexibility index (Phi) is 7.90. The van der Waals surface area contributed by atoms with Crippen molar-refractivity contribution in [3.63, 3.8) is 0 Å². The molecule has 0 aliphatic carbocycles. The normalized spacial score (nSPS) is 14.7. The molecular formula is C17H33N3. The molecule has 0 aliphatic rings. The van der Waals surface area contributed by atoms with Crippen LogP contribution in [0.15, 0.2) is 12.3 Å². The van der Waals surface area contributed by atoms with E-state index in [1.54, 1.807) is 0 Å². The molecule has 0 spiro atoms. The van der Waals surface area contributed by atoms with Crippen LogP contribution >= 0.6 is 0 Å². The SMILES string of the molecule is CCCCC(CC)C(N)Cc1ccn(C(CC)CC)n1. The van der Waals surface area contributed by atoms with Crippen molar-refractivity contribution < 1.29 is 0 Å². The maximum Gasteiger partial charge on any atom is 0.0640 e. The van der Waals surface area contributed by atoms with Crippen LogP contribution in [-0.4, -0.2) is 15.8 Å². The van der Waals surface area contributed by atoms with Crippen molar-refractivity contribution in [2.24, 2.45) is 11.7 Å². The summed E-state index contributed by atoms with van der Waals surface area (Å²) in [5, 5.41) is 4.73. The van der Waals surface area contributed by atoms with E-state index in [1.807, 2.05) is 0 Å². The standard InChI is InChI=1S/C17H33N3/c1-5-9-10-14(6-2)17(18)13-15-11-12-20(19-15)16(7-3)8-4/h11-12,14,16-17H,5-10,13,18H2,1-4H3. The predicted molar refractivity (Wildman–Crippen MR) is 86.8 cm³/mol. The monoisotopic (exact) mass is 279 g/mol. The first-order valence-electron chi connectivity index (χ1n) is 8.45. The lowest BCUT2D eigenvalue weighted by molar-refractivity contribution is 0.363. The summed E-state index contributed by atoms with van der Waals surface area (Å²) in [6.07, 6.45) is 10.3. The lowest BCUT2D eigenvalue weighted by Crippen LogP contribution is -2.32. The molecule has 116 valence electrons. The molecule has 0 saturated carbocycles. The van der Waals surface area contributed by atoms with E-state index in [4.69, 9.17) is 10.8 Å².